The average Bonchev–Trinajstić information content (AvgIpc) is 2.08. The fraction of sp³-hybridized carbons (Fsp3) is 0.909. The van der Waals surface area contributed by atoms with E-state index in [1.807, 2.05) is 6.21 Å². The maximum Gasteiger partial charge on any atom is 0.108 e. The molecule has 0 saturated heterocycles. The molecule has 14 heavy (non-hydrogen) atoms. The first-order chi connectivity index (χ1) is 6.56. The zero-order valence-corrected chi connectivity index (χ0v) is 12.0. The van der Waals surface area contributed by atoms with Crippen LogP contribution in [0.2, 0.25) is 19.6 Å². The number of unbranched alkanes of at least 4 members (excludes halogenated alkanes) is 2. The van der Waals surface area contributed by atoms with Crippen molar-refractivity contribution in [3.05, 3.63) is 0 Å². The highest BCUT2D eigenvalue weighted by molar-refractivity contribution is 8.28. The number of nitrogens with zero attached hydrogens (tertiary/aromatic N) is 1. The quantitative estimate of drug-likeness (QED) is 0.346. The standard InChI is InChI=1S/C11H25NSSi/c1-5-9-12-10-7-6-8-11-13-14(2,3)4/h9H,5-8,10-11H2,1-4H3. The van der Waals surface area contributed by atoms with E-state index in [4.69, 9.17) is 0 Å². The van der Waals surface area contributed by atoms with Gasteiger partial charge in [0, 0.05) is 6.54 Å². The summed E-state index contributed by atoms with van der Waals surface area (Å²) in [5.74, 6) is 1.35. The van der Waals surface area contributed by atoms with Gasteiger partial charge in [0.1, 0.15) is 7.22 Å². The molecule has 0 bridgehead atoms. The van der Waals surface area contributed by atoms with Gasteiger partial charge in [-0.3, -0.25) is 4.99 Å². The van der Waals surface area contributed by atoms with E-state index in [2.05, 4.69) is 42.8 Å². The van der Waals surface area contributed by atoms with Crippen molar-refractivity contribution in [1.29, 1.82) is 0 Å². The minimum absolute atomic E-state index is 0.851. The molecule has 0 fully saturated rings. The first kappa shape index (κ1) is 14.2. The molecule has 84 valence electrons. The van der Waals surface area contributed by atoms with Gasteiger partial charge in [-0.15, -0.1) is 0 Å². The van der Waals surface area contributed by atoms with Gasteiger partial charge in [-0.05, 0) is 31.2 Å². The van der Waals surface area contributed by atoms with Crippen molar-refractivity contribution in [2.75, 3.05) is 12.3 Å². The monoisotopic (exact) mass is 231 g/mol. The van der Waals surface area contributed by atoms with Crippen molar-refractivity contribution in [2.45, 2.75) is 52.2 Å². The van der Waals surface area contributed by atoms with E-state index in [-0.39, 0.29) is 0 Å². The number of aliphatic imine (C=N–C) groups is 1. The summed E-state index contributed by atoms with van der Waals surface area (Å²) in [5.41, 5.74) is 0. The Morgan fingerprint density at radius 2 is 1.86 bits per heavy atom. The molecular formula is C11H25NSSi. The third-order valence-electron chi connectivity index (χ3n) is 1.78. The third kappa shape index (κ3) is 12.2. The minimum Gasteiger partial charge on any atom is -0.298 e. The van der Waals surface area contributed by atoms with Gasteiger partial charge in [-0.1, -0.05) is 33.0 Å². The van der Waals surface area contributed by atoms with Crippen molar-refractivity contribution in [3.63, 3.8) is 0 Å². The van der Waals surface area contributed by atoms with E-state index in [0.717, 1.165) is 13.0 Å². The SMILES string of the molecule is CCC=NCCCCCS[Si](C)(C)C. The summed E-state index contributed by atoms with van der Waals surface area (Å²) in [5, 5.41) is 0. The lowest BCUT2D eigenvalue weighted by molar-refractivity contribution is 0.734. The highest BCUT2D eigenvalue weighted by Crippen LogP contribution is 2.20. The van der Waals surface area contributed by atoms with Gasteiger partial charge in [-0.25, -0.2) is 0 Å². The van der Waals surface area contributed by atoms with Gasteiger partial charge in [0.05, 0.1) is 0 Å². The fourth-order valence-corrected chi connectivity index (χ4v) is 4.31. The highest BCUT2D eigenvalue weighted by Gasteiger charge is 2.12. The Morgan fingerprint density at radius 3 is 2.43 bits per heavy atom. The van der Waals surface area contributed by atoms with Crippen LogP contribution in [0.3, 0.4) is 0 Å². The molecule has 0 spiro atoms. The second kappa shape index (κ2) is 8.54. The van der Waals surface area contributed by atoms with Crippen LogP contribution in [-0.4, -0.2) is 25.7 Å². The first-order valence-electron chi connectivity index (χ1n) is 5.68. The Labute approximate surface area is 94.4 Å². The van der Waals surface area contributed by atoms with Gasteiger partial charge >= 0.3 is 0 Å². The maximum atomic E-state index is 4.31. The van der Waals surface area contributed by atoms with E-state index in [1.54, 1.807) is 0 Å². The van der Waals surface area contributed by atoms with Crippen molar-refractivity contribution in [3.8, 4) is 0 Å². The van der Waals surface area contributed by atoms with Gasteiger partial charge in [0.2, 0.25) is 0 Å². The van der Waals surface area contributed by atoms with Crippen LogP contribution in [0.25, 0.3) is 0 Å². The first-order valence-corrected chi connectivity index (χ1v) is 10.9. The lowest BCUT2D eigenvalue weighted by atomic mass is 10.2. The summed E-state index contributed by atoms with van der Waals surface area (Å²) >= 11 is 2.20. The number of rotatable bonds is 8. The molecule has 1 nitrogen and oxygen atoms in total. The summed E-state index contributed by atoms with van der Waals surface area (Å²) in [7, 11) is -0.851. The molecule has 0 N–H and O–H groups in total. The molecule has 0 aliphatic carbocycles. The van der Waals surface area contributed by atoms with Crippen molar-refractivity contribution < 1.29 is 0 Å². The largest absolute Gasteiger partial charge is 0.298 e. The van der Waals surface area contributed by atoms with E-state index in [1.165, 1.54) is 25.0 Å². The summed E-state index contributed by atoms with van der Waals surface area (Å²) in [6, 6.07) is 0. The zero-order valence-electron chi connectivity index (χ0n) is 10.2. The number of hydrogen-bond acceptors (Lipinski definition) is 2. The fourth-order valence-electron chi connectivity index (χ4n) is 1.08. The van der Waals surface area contributed by atoms with Crippen molar-refractivity contribution >= 4 is 24.6 Å². The zero-order chi connectivity index (χ0) is 10.9. The number of hydrogen-bond donors (Lipinski definition) is 0. The molecule has 0 radical (unpaired) electrons. The average molecular weight is 231 g/mol. The van der Waals surface area contributed by atoms with E-state index >= 15 is 0 Å². The Balaban J connectivity index is 3.11. The van der Waals surface area contributed by atoms with Crippen LogP contribution in [0.5, 0.6) is 0 Å². The van der Waals surface area contributed by atoms with Crippen LogP contribution in [0.1, 0.15) is 32.6 Å². The van der Waals surface area contributed by atoms with E-state index in [0.29, 0.717) is 0 Å². The van der Waals surface area contributed by atoms with Gasteiger partial charge in [0.15, 0.2) is 0 Å². The molecule has 0 atom stereocenters. The molecule has 0 saturated carbocycles. The lowest BCUT2D eigenvalue weighted by Gasteiger charge is -2.14. The maximum absolute atomic E-state index is 4.31. The second-order valence-electron chi connectivity index (χ2n) is 4.52. The normalized spacial score (nSPS) is 12.6. The van der Waals surface area contributed by atoms with Gasteiger partial charge in [-0.2, -0.15) is 11.2 Å². The summed E-state index contributed by atoms with van der Waals surface area (Å²) in [4.78, 5) is 4.31. The molecule has 0 aromatic heterocycles. The summed E-state index contributed by atoms with van der Waals surface area (Å²) in [6.45, 7) is 10.4. The molecule has 0 aromatic carbocycles. The Bertz CT molecular complexity index is 152. The van der Waals surface area contributed by atoms with E-state index in [9.17, 15) is 0 Å². The van der Waals surface area contributed by atoms with E-state index < -0.39 is 7.22 Å². The predicted octanol–water partition coefficient (Wildman–Crippen LogP) is 4.21. The lowest BCUT2D eigenvalue weighted by Crippen LogP contribution is -2.14. The highest BCUT2D eigenvalue weighted by atomic mass is 32.4. The smallest absolute Gasteiger partial charge is 0.108 e. The third-order valence-corrected chi connectivity index (χ3v) is 6.35. The van der Waals surface area contributed by atoms with Crippen LogP contribution in [0.15, 0.2) is 4.99 Å². The van der Waals surface area contributed by atoms with Gasteiger partial charge in [0.25, 0.3) is 0 Å². The summed E-state index contributed by atoms with van der Waals surface area (Å²) < 4.78 is 0. The Hall–Kier alpha value is 0.237. The van der Waals surface area contributed by atoms with Crippen molar-refractivity contribution in [1.82, 2.24) is 0 Å². The Morgan fingerprint density at radius 1 is 1.14 bits per heavy atom. The molecule has 0 aliphatic rings. The van der Waals surface area contributed by atoms with Crippen LogP contribution in [-0.2, 0) is 0 Å². The van der Waals surface area contributed by atoms with Crippen LogP contribution in [0, 0.1) is 0 Å². The summed E-state index contributed by atoms with van der Waals surface area (Å²) in [6.07, 6.45) is 7.08. The minimum atomic E-state index is -0.851. The molecule has 0 aliphatic heterocycles. The molecule has 0 unspecified atom stereocenters. The Kier molecular flexibility index (Phi) is 8.68. The molecule has 0 aromatic rings. The van der Waals surface area contributed by atoms with Crippen LogP contribution in [0.4, 0.5) is 0 Å². The van der Waals surface area contributed by atoms with Crippen LogP contribution < -0.4 is 0 Å². The van der Waals surface area contributed by atoms with Crippen molar-refractivity contribution in [2.24, 2.45) is 4.99 Å². The molecule has 3 heteroatoms. The second-order valence-corrected chi connectivity index (χ2v) is 14.0. The molecule has 0 amide bonds. The molecular weight excluding hydrogens is 206 g/mol. The van der Waals surface area contributed by atoms with Crippen LogP contribution >= 0.6 is 11.2 Å². The topological polar surface area (TPSA) is 12.4 Å². The predicted molar refractivity (Wildman–Crippen MR) is 73.3 cm³/mol. The molecule has 0 heterocycles. The molecule has 0 rings (SSSR count). The van der Waals surface area contributed by atoms with Gasteiger partial charge < -0.3 is 0 Å².